The normalized spacial score (nSPS) is 11.4. The molecule has 0 saturated heterocycles. The Bertz CT molecular complexity index is 616. The summed E-state index contributed by atoms with van der Waals surface area (Å²) in [5, 5.41) is 2.79. The molecule has 6 heteroatoms. The highest BCUT2D eigenvalue weighted by atomic mass is 16.5. The standard InChI is InChI=1S/C17H24N2O4/c1-7-23-14(20)9-8-12-11(2)10-13(22-6)18-15(12)19-16(21)17(3,4)5/h8-10H,7H2,1-6H3,(H,18,19,21). The lowest BCUT2D eigenvalue weighted by atomic mass is 9.95. The second kappa shape index (κ2) is 7.76. The number of esters is 1. The molecule has 1 amide bonds. The Hall–Kier alpha value is -2.37. The fourth-order valence-corrected chi connectivity index (χ4v) is 1.70. The molecule has 23 heavy (non-hydrogen) atoms. The molecule has 1 N–H and O–H groups in total. The van der Waals surface area contributed by atoms with E-state index >= 15 is 0 Å². The van der Waals surface area contributed by atoms with Crippen LogP contribution in [0.1, 0.15) is 38.8 Å². The van der Waals surface area contributed by atoms with Crippen LogP contribution in [0.3, 0.4) is 0 Å². The number of carbonyl (C=O) groups excluding carboxylic acids is 2. The molecule has 126 valence electrons. The summed E-state index contributed by atoms with van der Waals surface area (Å²) in [6.45, 7) is 9.32. The first-order chi connectivity index (χ1) is 10.7. The summed E-state index contributed by atoms with van der Waals surface area (Å²) in [4.78, 5) is 28.0. The van der Waals surface area contributed by atoms with Gasteiger partial charge in [-0.25, -0.2) is 4.79 Å². The number of methoxy groups -OCH3 is 1. The molecule has 0 atom stereocenters. The number of carbonyl (C=O) groups is 2. The molecule has 0 aliphatic heterocycles. The number of hydrogen-bond acceptors (Lipinski definition) is 5. The molecule has 1 heterocycles. The predicted molar refractivity (Wildman–Crippen MR) is 89.3 cm³/mol. The maximum absolute atomic E-state index is 12.2. The van der Waals surface area contributed by atoms with Crippen LogP contribution >= 0.6 is 0 Å². The lowest BCUT2D eigenvalue weighted by Crippen LogP contribution is -2.28. The Kier molecular flexibility index (Phi) is 6.30. The van der Waals surface area contributed by atoms with Crippen LogP contribution in [0.5, 0.6) is 5.88 Å². The van der Waals surface area contributed by atoms with Gasteiger partial charge in [0.05, 0.1) is 13.7 Å². The highest BCUT2D eigenvalue weighted by Crippen LogP contribution is 2.26. The molecule has 0 radical (unpaired) electrons. The molecule has 0 spiro atoms. The SMILES string of the molecule is CCOC(=O)C=Cc1c(C)cc(OC)nc1NC(=O)C(C)(C)C. The van der Waals surface area contributed by atoms with Gasteiger partial charge in [-0.3, -0.25) is 4.79 Å². The smallest absolute Gasteiger partial charge is 0.330 e. The number of anilines is 1. The molecule has 0 fully saturated rings. The zero-order valence-electron chi connectivity index (χ0n) is 14.5. The van der Waals surface area contributed by atoms with Crippen LogP contribution in [0.4, 0.5) is 5.82 Å². The molecule has 0 unspecified atom stereocenters. The Morgan fingerprint density at radius 3 is 2.52 bits per heavy atom. The van der Waals surface area contributed by atoms with Crippen LogP contribution in [0.25, 0.3) is 6.08 Å². The molecule has 0 aliphatic carbocycles. The van der Waals surface area contributed by atoms with Gasteiger partial charge in [-0.05, 0) is 25.5 Å². The van der Waals surface area contributed by atoms with Gasteiger partial charge in [-0.1, -0.05) is 20.8 Å². The average Bonchev–Trinajstić information content (AvgIpc) is 2.45. The van der Waals surface area contributed by atoms with Gasteiger partial charge in [0.1, 0.15) is 5.82 Å². The van der Waals surface area contributed by atoms with E-state index in [2.05, 4.69) is 10.3 Å². The number of amides is 1. The maximum Gasteiger partial charge on any atom is 0.330 e. The van der Waals surface area contributed by atoms with Gasteiger partial charge in [0, 0.05) is 23.1 Å². The van der Waals surface area contributed by atoms with Crippen molar-refractivity contribution in [3.63, 3.8) is 0 Å². The molecule has 1 aromatic heterocycles. The summed E-state index contributed by atoms with van der Waals surface area (Å²) in [7, 11) is 1.51. The average molecular weight is 320 g/mol. The minimum Gasteiger partial charge on any atom is -0.481 e. The number of aryl methyl sites for hydroxylation is 1. The maximum atomic E-state index is 12.2. The van der Waals surface area contributed by atoms with Gasteiger partial charge in [0.25, 0.3) is 0 Å². The Labute approximate surface area is 136 Å². The van der Waals surface area contributed by atoms with Gasteiger partial charge in [-0.2, -0.15) is 4.98 Å². The van der Waals surface area contributed by atoms with E-state index in [1.807, 2.05) is 27.7 Å². The molecule has 0 bridgehead atoms. The molecule has 1 rings (SSSR count). The lowest BCUT2D eigenvalue weighted by Gasteiger charge is -2.19. The minimum absolute atomic E-state index is 0.177. The van der Waals surface area contributed by atoms with Crippen molar-refractivity contribution in [3.05, 3.63) is 23.3 Å². The first-order valence-electron chi connectivity index (χ1n) is 7.41. The first-order valence-corrected chi connectivity index (χ1v) is 7.41. The molecule has 0 aromatic carbocycles. The topological polar surface area (TPSA) is 77.5 Å². The van der Waals surface area contributed by atoms with E-state index in [4.69, 9.17) is 9.47 Å². The number of rotatable bonds is 5. The van der Waals surface area contributed by atoms with Gasteiger partial charge >= 0.3 is 5.97 Å². The van der Waals surface area contributed by atoms with Gasteiger partial charge < -0.3 is 14.8 Å². The molecular weight excluding hydrogens is 296 g/mol. The van der Waals surface area contributed by atoms with Crippen molar-refractivity contribution in [3.8, 4) is 5.88 Å². The molecule has 1 aromatic rings. The third kappa shape index (κ3) is 5.39. The van der Waals surface area contributed by atoms with Gasteiger partial charge in [0.15, 0.2) is 0 Å². The van der Waals surface area contributed by atoms with Crippen molar-refractivity contribution >= 4 is 23.8 Å². The molecule has 6 nitrogen and oxygen atoms in total. The fourth-order valence-electron chi connectivity index (χ4n) is 1.70. The second-order valence-electron chi connectivity index (χ2n) is 6.03. The van der Waals surface area contributed by atoms with Crippen molar-refractivity contribution in [2.24, 2.45) is 5.41 Å². The summed E-state index contributed by atoms with van der Waals surface area (Å²) >= 11 is 0. The summed E-state index contributed by atoms with van der Waals surface area (Å²) in [5.74, 6) is 0.113. The van der Waals surface area contributed by atoms with Crippen molar-refractivity contribution in [2.75, 3.05) is 19.0 Å². The minimum atomic E-state index is -0.569. The van der Waals surface area contributed by atoms with Crippen molar-refractivity contribution in [1.82, 2.24) is 4.98 Å². The lowest BCUT2D eigenvalue weighted by molar-refractivity contribution is -0.137. The Morgan fingerprint density at radius 2 is 2.00 bits per heavy atom. The second-order valence-corrected chi connectivity index (χ2v) is 6.03. The number of ether oxygens (including phenoxy) is 2. The van der Waals surface area contributed by atoms with E-state index < -0.39 is 11.4 Å². The third-order valence-electron chi connectivity index (χ3n) is 3.04. The zero-order valence-corrected chi connectivity index (χ0v) is 14.5. The summed E-state index contributed by atoms with van der Waals surface area (Å²) < 4.78 is 10.0. The summed E-state index contributed by atoms with van der Waals surface area (Å²) in [5.41, 5.74) is 0.888. The highest BCUT2D eigenvalue weighted by Gasteiger charge is 2.23. The van der Waals surface area contributed by atoms with E-state index in [0.717, 1.165) is 5.56 Å². The van der Waals surface area contributed by atoms with Crippen LogP contribution < -0.4 is 10.1 Å². The van der Waals surface area contributed by atoms with Crippen LogP contribution in [0.15, 0.2) is 12.1 Å². The monoisotopic (exact) mass is 320 g/mol. The van der Waals surface area contributed by atoms with Crippen molar-refractivity contribution in [2.45, 2.75) is 34.6 Å². The number of pyridine rings is 1. The van der Waals surface area contributed by atoms with E-state index in [1.54, 1.807) is 19.1 Å². The summed E-state index contributed by atoms with van der Waals surface area (Å²) in [6, 6.07) is 1.73. The summed E-state index contributed by atoms with van der Waals surface area (Å²) in [6.07, 6.45) is 2.89. The van der Waals surface area contributed by atoms with Crippen LogP contribution in [0, 0.1) is 12.3 Å². The molecule has 0 saturated carbocycles. The Morgan fingerprint density at radius 1 is 1.35 bits per heavy atom. The quantitative estimate of drug-likeness (QED) is 0.666. The van der Waals surface area contributed by atoms with Crippen LogP contribution in [0.2, 0.25) is 0 Å². The number of aromatic nitrogens is 1. The highest BCUT2D eigenvalue weighted by molar-refractivity contribution is 5.96. The van der Waals surface area contributed by atoms with Gasteiger partial charge in [0.2, 0.25) is 11.8 Å². The van der Waals surface area contributed by atoms with E-state index in [-0.39, 0.29) is 5.91 Å². The van der Waals surface area contributed by atoms with E-state index in [1.165, 1.54) is 13.2 Å². The van der Waals surface area contributed by atoms with Crippen LogP contribution in [-0.2, 0) is 14.3 Å². The van der Waals surface area contributed by atoms with Crippen molar-refractivity contribution < 1.29 is 19.1 Å². The number of hydrogen-bond donors (Lipinski definition) is 1. The van der Waals surface area contributed by atoms with E-state index in [9.17, 15) is 9.59 Å². The number of nitrogens with zero attached hydrogens (tertiary/aromatic N) is 1. The molecular formula is C17H24N2O4. The van der Waals surface area contributed by atoms with Gasteiger partial charge in [-0.15, -0.1) is 0 Å². The Balaban J connectivity index is 3.22. The predicted octanol–water partition coefficient (Wildman–Crippen LogP) is 2.96. The largest absolute Gasteiger partial charge is 0.481 e. The van der Waals surface area contributed by atoms with Crippen molar-refractivity contribution in [1.29, 1.82) is 0 Å². The number of nitrogens with one attached hydrogen (secondary N) is 1. The first kappa shape index (κ1) is 18.7. The molecule has 0 aliphatic rings. The zero-order chi connectivity index (χ0) is 17.6. The fraction of sp³-hybridized carbons (Fsp3) is 0.471. The van der Waals surface area contributed by atoms with E-state index in [0.29, 0.717) is 23.9 Å². The van der Waals surface area contributed by atoms with Crippen LogP contribution in [-0.4, -0.2) is 30.6 Å². The third-order valence-corrected chi connectivity index (χ3v) is 3.04.